The van der Waals surface area contributed by atoms with Gasteiger partial charge in [-0.15, -0.1) is 0 Å². The average Bonchev–Trinajstić information content (AvgIpc) is 3.04. The molecule has 0 aromatic carbocycles. The van der Waals surface area contributed by atoms with Gasteiger partial charge in [-0.1, -0.05) is 47.6 Å². The third-order valence-corrected chi connectivity index (χ3v) is 13.1. The van der Waals surface area contributed by atoms with Crippen molar-refractivity contribution in [2.45, 2.75) is 96.9 Å². The molecule has 0 bridgehead atoms. The second-order valence-corrected chi connectivity index (χ2v) is 14.9. The molecule has 0 saturated heterocycles. The Morgan fingerprint density at radius 1 is 1.19 bits per heavy atom. The van der Waals surface area contributed by atoms with E-state index in [2.05, 4.69) is 52.7 Å². The molecule has 0 aliphatic heterocycles. The minimum atomic E-state index is -2.08. The van der Waals surface area contributed by atoms with Gasteiger partial charge in [0.2, 0.25) is 8.32 Å². The number of rotatable bonds is 6. The number of carbonyl (C=O) groups excluding carboxylic acids is 1. The third-order valence-electron chi connectivity index (χ3n) is 6.98. The Bertz CT molecular complexity index is 741. The van der Waals surface area contributed by atoms with Gasteiger partial charge in [-0.25, -0.2) is 4.68 Å². The van der Waals surface area contributed by atoms with Crippen molar-refractivity contribution in [1.82, 2.24) is 9.78 Å². The fraction of sp³-hybridized carbons (Fsp3) is 0.727. The molecule has 1 saturated carbocycles. The van der Waals surface area contributed by atoms with Crippen LogP contribution in [0.4, 0.5) is 0 Å². The topological polar surface area (TPSA) is 44.1 Å². The zero-order valence-corrected chi connectivity index (χ0v) is 19.3. The minimum Gasteiger partial charge on any atom is -0.406 e. The maximum absolute atomic E-state index is 13.4. The highest BCUT2D eigenvalue weighted by Gasteiger charge is 2.60. The van der Waals surface area contributed by atoms with Gasteiger partial charge < -0.3 is 4.43 Å². The summed E-state index contributed by atoms with van der Waals surface area (Å²) in [5.74, 6) is 0.398. The third kappa shape index (κ3) is 2.98. The Labute approximate surface area is 165 Å². The van der Waals surface area contributed by atoms with Gasteiger partial charge in [-0.3, -0.25) is 4.79 Å². The van der Waals surface area contributed by atoms with E-state index >= 15 is 0 Å². The molecule has 0 N–H and O–H groups in total. The monoisotopic (exact) mass is 388 g/mol. The van der Waals surface area contributed by atoms with E-state index in [0.717, 1.165) is 36.2 Å². The zero-order valence-electron chi connectivity index (χ0n) is 18.3. The highest BCUT2D eigenvalue weighted by atomic mass is 28.4. The highest BCUT2D eigenvalue weighted by molar-refractivity contribution is 6.77. The quantitative estimate of drug-likeness (QED) is 0.577. The van der Waals surface area contributed by atoms with Gasteiger partial charge in [-0.05, 0) is 55.8 Å². The van der Waals surface area contributed by atoms with Crippen LogP contribution in [0.25, 0.3) is 0 Å². The second kappa shape index (κ2) is 7.00. The molecule has 4 nitrogen and oxygen atoms in total. The average molecular weight is 389 g/mol. The molecule has 2 atom stereocenters. The van der Waals surface area contributed by atoms with Crippen LogP contribution < -0.4 is 0 Å². The summed E-state index contributed by atoms with van der Waals surface area (Å²) in [5.41, 5.74) is 3.80. The Morgan fingerprint density at radius 3 is 2.22 bits per heavy atom. The van der Waals surface area contributed by atoms with E-state index in [9.17, 15) is 4.79 Å². The van der Waals surface area contributed by atoms with Crippen LogP contribution in [0.15, 0.2) is 17.7 Å². The maximum atomic E-state index is 13.4. The molecule has 0 amide bonds. The Kier molecular flexibility index (Phi) is 5.32. The van der Waals surface area contributed by atoms with Gasteiger partial charge in [0.25, 0.3) is 5.91 Å². The van der Waals surface area contributed by atoms with E-state index in [1.807, 2.05) is 19.9 Å². The van der Waals surface area contributed by atoms with Gasteiger partial charge in [0.1, 0.15) is 0 Å². The molecule has 150 valence electrons. The summed E-state index contributed by atoms with van der Waals surface area (Å²) in [6.07, 6.45) is 5.40. The molecule has 0 unspecified atom stereocenters. The standard InChI is InChI=1S/C22H36N2O2Si/c1-14(2)27(15(3)4,16(5)6)26-22-11-9-10-19(22)13-20(22)21(25)24-18(8)12-17(7)23-24/h12-16,19H,9-11H2,1-8H3/t19-,22+/m0/s1. The van der Waals surface area contributed by atoms with Crippen molar-refractivity contribution in [3.05, 3.63) is 29.1 Å². The molecule has 27 heavy (non-hydrogen) atoms. The predicted molar refractivity (Wildman–Crippen MR) is 113 cm³/mol. The van der Waals surface area contributed by atoms with Crippen LogP contribution in [0.2, 0.25) is 16.6 Å². The highest BCUT2D eigenvalue weighted by Crippen LogP contribution is 2.57. The molecule has 1 aromatic rings. The van der Waals surface area contributed by atoms with Crippen molar-refractivity contribution in [2.24, 2.45) is 5.92 Å². The molecule has 1 fully saturated rings. The lowest BCUT2D eigenvalue weighted by molar-refractivity contribution is 0.0336. The maximum Gasteiger partial charge on any atom is 0.276 e. The van der Waals surface area contributed by atoms with Gasteiger partial charge in [0, 0.05) is 17.2 Å². The molecule has 2 aliphatic rings. The first-order valence-electron chi connectivity index (χ1n) is 10.6. The minimum absolute atomic E-state index is 0.0120. The van der Waals surface area contributed by atoms with E-state index in [1.165, 1.54) is 0 Å². The Hall–Kier alpha value is -1.20. The van der Waals surface area contributed by atoms with Crippen LogP contribution in [0, 0.1) is 19.8 Å². The molecule has 3 rings (SSSR count). The van der Waals surface area contributed by atoms with E-state index in [1.54, 1.807) is 4.68 Å². The van der Waals surface area contributed by atoms with Crippen molar-refractivity contribution < 1.29 is 9.22 Å². The molecule has 1 heterocycles. The molecular weight excluding hydrogens is 352 g/mol. The zero-order chi connectivity index (χ0) is 20.1. The Morgan fingerprint density at radius 2 is 1.78 bits per heavy atom. The van der Waals surface area contributed by atoms with Gasteiger partial charge >= 0.3 is 0 Å². The first kappa shape index (κ1) is 20.5. The number of nitrogens with zero attached hydrogens (tertiary/aromatic N) is 2. The van der Waals surface area contributed by atoms with Crippen LogP contribution >= 0.6 is 0 Å². The molecule has 0 spiro atoms. The van der Waals surface area contributed by atoms with Crippen molar-refractivity contribution >= 4 is 14.2 Å². The van der Waals surface area contributed by atoms with Crippen LogP contribution in [0.1, 0.15) is 77.0 Å². The van der Waals surface area contributed by atoms with Crippen molar-refractivity contribution in [1.29, 1.82) is 0 Å². The van der Waals surface area contributed by atoms with Gasteiger partial charge in [0.05, 0.1) is 11.3 Å². The fourth-order valence-electron chi connectivity index (χ4n) is 5.85. The van der Waals surface area contributed by atoms with Crippen molar-refractivity contribution in [2.75, 3.05) is 0 Å². The van der Waals surface area contributed by atoms with E-state index in [0.29, 0.717) is 22.5 Å². The van der Waals surface area contributed by atoms with Crippen LogP contribution in [0.5, 0.6) is 0 Å². The largest absolute Gasteiger partial charge is 0.406 e. The SMILES string of the molecule is Cc1cc(C)n(C(=O)C2=C[C@@H]3CCC[C@]23O[Si](C(C)C)(C(C)C)C(C)C)n1. The molecule has 5 heteroatoms. The second-order valence-electron chi connectivity index (χ2n) is 9.53. The number of fused-ring (bicyclic) bond motifs is 1. The molecule has 1 aromatic heterocycles. The van der Waals surface area contributed by atoms with Crippen molar-refractivity contribution in [3.8, 4) is 0 Å². The van der Waals surface area contributed by atoms with E-state index in [-0.39, 0.29) is 11.5 Å². The van der Waals surface area contributed by atoms with Gasteiger partial charge in [0.15, 0.2) is 0 Å². The first-order chi connectivity index (χ1) is 12.6. The first-order valence-corrected chi connectivity index (χ1v) is 12.7. The molecule has 2 aliphatic carbocycles. The van der Waals surface area contributed by atoms with E-state index in [4.69, 9.17) is 4.43 Å². The van der Waals surface area contributed by atoms with Crippen LogP contribution in [0.3, 0.4) is 0 Å². The lowest BCUT2D eigenvalue weighted by Gasteiger charge is -2.53. The summed E-state index contributed by atoms with van der Waals surface area (Å²) in [5, 5.41) is 4.44. The van der Waals surface area contributed by atoms with Crippen LogP contribution in [-0.2, 0) is 4.43 Å². The lowest BCUT2D eigenvalue weighted by Crippen LogP contribution is -2.60. The summed E-state index contributed by atoms with van der Waals surface area (Å²) < 4.78 is 8.85. The normalized spacial score (nSPS) is 25.1. The Balaban J connectivity index is 2.01. The van der Waals surface area contributed by atoms with Crippen LogP contribution in [-0.4, -0.2) is 29.6 Å². The predicted octanol–water partition coefficient (Wildman–Crippen LogP) is 5.81. The number of hydrogen-bond acceptors (Lipinski definition) is 3. The number of hydrogen-bond donors (Lipinski definition) is 0. The molecule has 0 radical (unpaired) electrons. The van der Waals surface area contributed by atoms with Gasteiger partial charge in [-0.2, -0.15) is 5.10 Å². The summed E-state index contributed by atoms with van der Waals surface area (Å²) in [7, 11) is -2.08. The summed E-state index contributed by atoms with van der Waals surface area (Å²) in [6.45, 7) is 17.8. The number of carbonyl (C=O) groups is 1. The fourth-order valence-corrected chi connectivity index (χ4v) is 11.6. The number of aryl methyl sites for hydroxylation is 2. The summed E-state index contributed by atoms with van der Waals surface area (Å²) in [4.78, 5) is 13.4. The number of aromatic nitrogens is 2. The van der Waals surface area contributed by atoms with E-state index < -0.39 is 8.32 Å². The lowest BCUT2D eigenvalue weighted by atomic mass is 9.72. The van der Waals surface area contributed by atoms with Crippen molar-refractivity contribution in [3.63, 3.8) is 0 Å². The summed E-state index contributed by atoms with van der Waals surface area (Å²) >= 11 is 0. The molecular formula is C22H36N2O2Si. The summed E-state index contributed by atoms with van der Waals surface area (Å²) in [6, 6.07) is 1.96. The smallest absolute Gasteiger partial charge is 0.276 e.